The molecule has 0 aliphatic carbocycles. The van der Waals surface area contributed by atoms with Crippen LogP contribution in [-0.4, -0.2) is 4.98 Å². The van der Waals surface area contributed by atoms with Crippen molar-refractivity contribution in [3.63, 3.8) is 0 Å². The van der Waals surface area contributed by atoms with Crippen LogP contribution in [0.1, 0.15) is 18.0 Å². The highest BCUT2D eigenvalue weighted by Gasteiger charge is 2.11. The molecule has 0 bridgehead atoms. The maximum atomic E-state index is 4.36. The molecule has 0 saturated heterocycles. The molecule has 1 aromatic carbocycles. The second-order valence-corrected chi connectivity index (χ2v) is 6.13. The summed E-state index contributed by atoms with van der Waals surface area (Å²) in [5.41, 5.74) is 2.41. The van der Waals surface area contributed by atoms with Crippen LogP contribution in [0.5, 0.6) is 0 Å². The molecule has 2 aromatic heterocycles. The second kappa shape index (κ2) is 5.55. The zero-order valence-corrected chi connectivity index (χ0v) is 12.2. The standard InChI is InChI=1S/C15H14N2S2/c1-11(15-16-8-10-19-15)17-13-6-3-2-5-12(13)14-7-4-9-18-14/h2-11,17H,1H3. The quantitative estimate of drug-likeness (QED) is 0.726. The Morgan fingerprint density at radius 3 is 2.68 bits per heavy atom. The van der Waals surface area contributed by atoms with Gasteiger partial charge in [-0.2, -0.15) is 0 Å². The third-order valence-corrected chi connectivity index (χ3v) is 4.77. The minimum Gasteiger partial charge on any atom is -0.376 e. The van der Waals surface area contributed by atoms with E-state index in [1.165, 1.54) is 10.4 Å². The number of nitrogens with zero attached hydrogens (tertiary/aromatic N) is 1. The summed E-state index contributed by atoms with van der Waals surface area (Å²) < 4.78 is 0. The summed E-state index contributed by atoms with van der Waals surface area (Å²) in [4.78, 5) is 5.65. The Morgan fingerprint density at radius 1 is 1.05 bits per heavy atom. The highest BCUT2D eigenvalue weighted by Crippen LogP contribution is 2.33. The van der Waals surface area contributed by atoms with Crippen LogP contribution < -0.4 is 5.32 Å². The lowest BCUT2D eigenvalue weighted by atomic mass is 10.1. The summed E-state index contributed by atoms with van der Waals surface area (Å²) in [5, 5.41) is 8.79. The van der Waals surface area contributed by atoms with Crippen molar-refractivity contribution in [1.82, 2.24) is 4.98 Å². The molecule has 0 fully saturated rings. The number of aromatic nitrogens is 1. The number of nitrogens with one attached hydrogen (secondary N) is 1. The van der Waals surface area contributed by atoms with Crippen molar-refractivity contribution in [2.75, 3.05) is 5.32 Å². The number of thiazole rings is 1. The van der Waals surface area contributed by atoms with Crippen molar-refractivity contribution in [3.05, 3.63) is 58.4 Å². The predicted octanol–water partition coefficient (Wildman–Crippen LogP) is 5.04. The van der Waals surface area contributed by atoms with Crippen LogP contribution >= 0.6 is 22.7 Å². The smallest absolute Gasteiger partial charge is 0.115 e. The zero-order chi connectivity index (χ0) is 13.1. The fraction of sp³-hybridized carbons (Fsp3) is 0.133. The van der Waals surface area contributed by atoms with Gasteiger partial charge in [-0.25, -0.2) is 4.98 Å². The molecule has 0 amide bonds. The third-order valence-electron chi connectivity index (χ3n) is 2.91. The van der Waals surface area contributed by atoms with E-state index in [9.17, 15) is 0 Å². The van der Waals surface area contributed by atoms with Gasteiger partial charge >= 0.3 is 0 Å². The summed E-state index contributed by atoms with van der Waals surface area (Å²) in [7, 11) is 0. The zero-order valence-electron chi connectivity index (χ0n) is 10.5. The maximum Gasteiger partial charge on any atom is 0.115 e. The van der Waals surface area contributed by atoms with Gasteiger partial charge in [0.05, 0.1) is 6.04 Å². The number of rotatable bonds is 4. The molecule has 96 valence electrons. The van der Waals surface area contributed by atoms with E-state index in [1.54, 1.807) is 22.7 Å². The van der Waals surface area contributed by atoms with E-state index in [0.717, 1.165) is 10.7 Å². The average Bonchev–Trinajstić information content (AvgIpc) is 3.13. The van der Waals surface area contributed by atoms with Crippen LogP contribution in [-0.2, 0) is 0 Å². The number of hydrogen-bond acceptors (Lipinski definition) is 4. The van der Waals surface area contributed by atoms with Gasteiger partial charge in [0, 0.05) is 27.7 Å². The van der Waals surface area contributed by atoms with E-state index in [2.05, 4.69) is 59.0 Å². The lowest BCUT2D eigenvalue weighted by Gasteiger charge is -2.15. The number of para-hydroxylation sites is 1. The van der Waals surface area contributed by atoms with Crippen LogP contribution in [0.15, 0.2) is 53.4 Å². The molecule has 19 heavy (non-hydrogen) atoms. The van der Waals surface area contributed by atoms with Gasteiger partial charge in [-0.3, -0.25) is 0 Å². The number of anilines is 1. The SMILES string of the molecule is CC(Nc1ccccc1-c1cccs1)c1nccs1. The van der Waals surface area contributed by atoms with Crippen LogP contribution in [0, 0.1) is 0 Å². The van der Waals surface area contributed by atoms with Crippen LogP contribution in [0.4, 0.5) is 5.69 Å². The Morgan fingerprint density at radius 2 is 1.95 bits per heavy atom. The molecule has 2 nitrogen and oxygen atoms in total. The monoisotopic (exact) mass is 286 g/mol. The Bertz CT molecular complexity index is 630. The first-order valence-electron chi connectivity index (χ1n) is 6.13. The number of hydrogen-bond donors (Lipinski definition) is 1. The molecule has 0 radical (unpaired) electrons. The predicted molar refractivity (Wildman–Crippen MR) is 83.9 cm³/mol. The fourth-order valence-electron chi connectivity index (χ4n) is 2.00. The van der Waals surface area contributed by atoms with Gasteiger partial charge in [-0.15, -0.1) is 22.7 Å². The van der Waals surface area contributed by atoms with Crippen molar-refractivity contribution in [2.45, 2.75) is 13.0 Å². The molecule has 0 aliphatic heterocycles. The topological polar surface area (TPSA) is 24.9 Å². The number of thiophene rings is 1. The molecule has 2 heterocycles. The average molecular weight is 286 g/mol. The van der Waals surface area contributed by atoms with Crippen molar-refractivity contribution in [2.24, 2.45) is 0 Å². The summed E-state index contributed by atoms with van der Waals surface area (Å²) in [6.45, 7) is 2.14. The van der Waals surface area contributed by atoms with Gasteiger partial charge in [0.15, 0.2) is 0 Å². The van der Waals surface area contributed by atoms with Crippen molar-refractivity contribution >= 4 is 28.4 Å². The third kappa shape index (κ3) is 2.69. The largest absolute Gasteiger partial charge is 0.376 e. The number of benzene rings is 1. The van der Waals surface area contributed by atoms with Gasteiger partial charge in [0.2, 0.25) is 0 Å². The Balaban J connectivity index is 1.89. The fourth-order valence-corrected chi connectivity index (χ4v) is 3.41. The summed E-state index contributed by atoms with van der Waals surface area (Å²) in [6.07, 6.45) is 1.85. The van der Waals surface area contributed by atoms with Gasteiger partial charge in [-0.05, 0) is 24.4 Å². The molecular weight excluding hydrogens is 272 g/mol. The first-order chi connectivity index (χ1) is 9.34. The molecule has 1 N–H and O–H groups in total. The van der Waals surface area contributed by atoms with E-state index >= 15 is 0 Å². The second-order valence-electron chi connectivity index (χ2n) is 4.26. The molecule has 1 unspecified atom stereocenters. The highest BCUT2D eigenvalue weighted by molar-refractivity contribution is 7.13. The lowest BCUT2D eigenvalue weighted by molar-refractivity contribution is 0.870. The van der Waals surface area contributed by atoms with Crippen LogP contribution in [0.25, 0.3) is 10.4 Å². The summed E-state index contributed by atoms with van der Waals surface area (Å²) in [5.74, 6) is 0. The molecule has 0 saturated carbocycles. The van der Waals surface area contributed by atoms with E-state index in [0.29, 0.717) is 0 Å². The van der Waals surface area contributed by atoms with Gasteiger partial charge in [0.1, 0.15) is 5.01 Å². The van der Waals surface area contributed by atoms with Crippen LogP contribution in [0.2, 0.25) is 0 Å². The van der Waals surface area contributed by atoms with E-state index in [4.69, 9.17) is 0 Å². The normalized spacial score (nSPS) is 12.3. The Hall–Kier alpha value is -1.65. The lowest BCUT2D eigenvalue weighted by Crippen LogP contribution is -2.06. The molecule has 3 rings (SSSR count). The minimum absolute atomic E-state index is 0.223. The molecule has 1 atom stereocenters. The van der Waals surface area contributed by atoms with Crippen molar-refractivity contribution < 1.29 is 0 Å². The summed E-state index contributed by atoms with van der Waals surface area (Å²) >= 11 is 3.44. The first-order valence-corrected chi connectivity index (χ1v) is 7.89. The molecule has 0 spiro atoms. The minimum atomic E-state index is 0.223. The molecule has 3 aromatic rings. The van der Waals surface area contributed by atoms with Gasteiger partial charge < -0.3 is 5.32 Å². The molecule has 0 aliphatic rings. The van der Waals surface area contributed by atoms with E-state index < -0.39 is 0 Å². The molecular formula is C15H14N2S2. The summed E-state index contributed by atoms with van der Waals surface area (Å²) in [6, 6.07) is 12.9. The van der Waals surface area contributed by atoms with Crippen LogP contribution in [0.3, 0.4) is 0 Å². The van der Waals surface area contributed by atoms with E-state index in [1.807, 2.05) is 11.6 Å². The van der Waals surface area contributed by atoms with Gasteiger partial charge in [-0.1, -0.05) is 24.3 Å². The van der Waals surface area contributed by atoms with Gasteiger partial charge in [0.25, 0.3) is 0 Å². The van der Waals surface area contributed by atoms with E-state index in [-0.39, 0.29) is 6.04 Å². The maximum absolute atomic E-state index is 4.36. The first kappa shape index (κ1) is 12.4. The Labute approximate surface area is 120 Å². The Kier molecular flexibility index (Phi) is 3.62. The van der Waals surface area contributed by atoms with Crippen molar-refractivity contribution in [1.29, 1.82) is 0 Å². The van der Waals surface area contributed by atoms with Crippen molar-refractivity contribution in [3.8, 4) is 10.4 Å². The molecule has 4 heteroatoms. The highest BCUT2D eigenvalue weighted by atomic mass is 32.1.